The van der Waals surface area contributed by atoms with Gasteiger partial charge in [0.05, 0.1) is 5.56 Å². The van der Waals surface area contributed by atoms with Gasteiger partial charge in [0.2, 0.25) is 6.20 Å². The van der Waals surface area contributed by atoms with Crippen molar-refractivity contribution in [2.24, 2.45) is 0 Å². The van der Waals surface area contributed by atoms with Gasteiger partial charge in [-0.15, -0.1) is 0 Å². The summed E-state index contributed by atoms with van der Waals surface area (Å²) >= 11 is 0. The molecule has 0 fully saturated rings. The summed E-state index contributed by atoms with van der Waals surface area (Å²) in [6.45, 7) is 6.04. The second-order valence-electron chi connectivity index (χ2n) is 3.30. The average Bonchev–Trinajstić information content (AvgIpc) is 2.34. The predicted molar refractivity (Wildman–Crippen MR) is 65.3 cm³/mol. The molecule has 2 rings (SSSR count). The van der Waals surface area contributed by atoms with Gasteiger partial charge in [0.1, 0.15) is 0 Å². The summed E-state index contributed by atoms with van der Waals surface area (Å²) in [5.41, 5.74) is 3.03. The third-order valence-electron chi connectivity index (χ3n) is 2.19. The Morgan fingerprint density at radius 1 is 0.938 bits per heavy atom. The Hall–Kier alpha value is -1.83. The van der Waals surface area contributed by atoms with E-state index in [-0.39, 0.29) is 0 Å². The van der Waals surface area contributed by atoms with Gasteiger partial charge >= 0.3 is 0 Å². The molecule has 84 valence electrons. The zero-order valence-corrected chi connectivity index (χ0v) is 10.0. The Kier molecular flexibility index (Phi) is 4.52. The van der Waals surface area contributed by atoms with Crippen LogP contribution in [0.25, 0.3) is 11.3 Å². The molecular formula is C14H18NO+. The Morgan fingerprint density at radius 2 is 1.56 bits per heavy atom. The van der Waals surface area contributed by atoms with E-state index >= 15 is 0 Å². The fraction of sp³-hybridized carbons (Fsp3) is 0.214. The van der Waals surface area contributed by atoms with Crippen molar-refractivity contribution in [3.05, 3.63) is 54.2 Å². The van der Waals surface area contributed by atoms with E-state index in [1.54, 1.807) is 12.3 Å². The topological polar surface area (TPSA) is 24.1 Å². The molecule has 0 saturated carbocycles. The SMILES string of the molecule is CC.Cc1ccc(-c2cccc[n+]2O)cc1. The quantitative estimate of drug-likeness (QED) is 0.574. The average molecular weight is 216 g/mol. The summed E-state index contributed by atoms with van der Waals surface area (Å²) in [4.78, 5) is 0. The fourth-order valence-electron chi connectivity index (χ4n) is 1.39. The van der Waals surface area contributed by atoms with E-state index in [9.17, 15) is 5.21 Å². The van der Waals surface area contributed by atoms with Crippen molar-refractivity contribution in [2.45, 2.75) is 20.8 Å². The van der Waals surface area contributed by atoms with Crippen LogP contribution in [0.2, 0.25) is 0 Å². The third-order valence-corrected chi connectivity index (χ3v) is 2.19. The summed E-state index contributed by atoms with van der Waals surface area (Å²) < 4.78 is 1.13. The third kappa shape index (κ3) is 2.83. The predicted octanol–water partition coefficient (Wildman–Crippen LogP) is 3.21. The van der Waals surface area contributed by atoms with Crippen LogP contribution in [0.15, 0.2) is 48.7 Å². The molecule has 1 N–H and O–H groups in total. The number of hydrogen-bond acceptors (Lipinski definition) is 1. The standard InChI is InChI=1S/C12H12NO.C2H6/c1-10-5-7-11(8-6-10)12-4-2-3-9-13(12)14;1-2/h2-9,14H,1H3;1-2H3/q+1;. The number of rotatable bonds is 1. The summed E-state index contributed by atoms with van der Waals surface area (Å²) in [7, 11) is 0. The van der Waals surface area contributed by atoms with Crippen molar-refractivity contribution >= 4 is 0 Å². The molecule has 2 nitrogen and oxygen atoms in total. The lowest BCUT2D eigenvalue weighted by Crippen LogP contribution is -2.31. The highest BCUT2D eigenvalue weighted by Gasteiger charge is 2.09. The van der Waals surface area contributed by atoms with Gasteiger partial charge in [-0.1, -0.05) is 31.5 Å². The number of aromatic nitrogens is 1. The lowest BCUT2D eigenvalue weighted by Gasteiger charge is -1.97. The summed E-state index contributed by atoms with van der Waals surface area (Å²) in [6, 6.07) is 13.6. The van der Waals surface area contributed by atoms with E-state index in [1.807, 2.05) is 57.2 Å². The fourth-order valence-corrected chi connectivity index (χ4v) is 1.39. The number of aryl methyl sites for hydroxylation is 1. The highest BCUT2D eigenvalue weighted by atomic mass is 16.5. The van der Waals surface area contributed by atoms with Crippen molar-refractivity contribution in [2.75, 3.05) is 0 Å². The Balaban J connectivity index is 0.000000606. The minimum Gasteiger partial charge on any atom is -0.285 e. The molecule has 1 aromatic heterocycles. The molecule has 0 radical (unpaired) electrons. The van der Waals surface area contributed by atoms with Crippen molar-refractivity contribution in [3.63, 3.8) is 0 Å². The molecule has 0 aliphatic carbocycles. The zero-order valence-electron chi connectivity index (χ0n) is 10.0. The molecule has 1 heterocycles. The summed E-state index contributed by atoms with van der Waals surface area (Å²) in [5.74, 6) is 0. The van der Waals surface area contributed by atoms with Crippen LogP contribution < -0.4 is 4.73 Å². The molecule has 1 aromatic carbocycles. The first-order chi connectivity index (χ1) is 7.77. The van der Waals surface area contributed by atoms with Crippen LogP contribution in [0, 0.1) is 6.92 Å². The van der Waals surface area contributed by atoms with Crippen LogP contribution in [0.1, 0.15) is 19.4 Å². The maximum absolute atomic E-state index is 9.55. The summed E-state index contributed by atoms with van der Waals surface area (Å²) in [6.07, 6.45) is 1.62. The first kappa shape index (κ1) is 12.2. The van der Waals surface area contributed by atoms with E-state index in [0.29, 0.717) is 0 Å². The van der Waals surface area contributed by atoms with Crippen molar-refractivity contribution < 1.29 is 9.94 Å². The smallest absolute Gasteiger partial charge is 0.264 e. The molecule has 0 atom stereocenters. The molecule has 0 aliphatic heterocycles. The van der Waals surface area contributed by atoms with E-state index in [2.05, 4.69) is 0 Å². The lowest BCUT2D eigenvalue weighted by atomic mass is 10.1. The van der Waals surface area contributed by atoms with E-state index in [0.717, 1.165) is 16.0 Å². The van der Waals surface area contributed by atoms with Crippen LogP contribution in [-0.2, 0) is 0 Å². The first-order valence-electron chi connectivity index (χ1n) is 5.54. The maximum Gasteiger partial charge on any atom is 0.264 e. The molecule has 2 heteroatoms. The Morgan fingerprint density at radius 3 is 2.12 bits per heavy atom. The second kappa shape index (κ2) is 5.91. The van der Waals surface area contributed by atoms with Gasteiger partial charge < -0.3 is 0 Å². The molecule has 0 spiro atoms. The molecule has 0 amide bonds. The van der Waals surface area contributed by atoms with Crippen molar-refractivity contribution in [3.8, 4) is 11.3 Å². The number of benzene rings is 1. The van der Waals surface area contributed by atoms with E-state index in [4.69, 9.17) is 0 Å². The normalized spacial score (nSPS) is 9.19. The van der Waals surface area contributed by atoms with Gasteiger partial charge in [-0.3, -0.25) is 5.21 Å². The van der Waals surface area contributed by atoms with Crippen molar-refractivity contribution in [1.82, 2.24) is 0 Å². The number of nitrogens with zero attached hydrogens (tertiary/aromatic N) is 1. The van der Waals surface area contributed by atoms with Crippen LogP contribution >= 0.6 is 0 Å². The zero-order chi connectivity index (χ0) is 12.0. The number of hydrogen-bond donors (Lipinski definition) is 1. The van der Waals surface area contributed by atoms with Crippen LogP contribution in [0.5, 0.6) is 0 Å². The molecule has 0 aliphatic rings. The van der Waals surface area contributed by atoms with Crippen LogP contribution in [-0.4, -0.2) is 5.21 Å². The Labute approximate surface area is 96.8 Å². The monoisotopic (exact) mass is 216 g/mol. The second-order valence-corrected chi connectivity index (χ2v) is 3.30. The molecule has 16 heavy (non-hydrogen) atoms. The highest BCUT2D eigenvalue weighted by Crippen LogP contribution is 2.14. The van der Waals surface area contributed by atoms with Gasteiger partial charge in [-0.25, -0.2) is 0 Å². The van der Waals surface area contributed by atoms with Crippen LogP contribution in [0.4, 0.5) is 0 Å². The van der Waals surface area contributed by atoms with Gasteiger partial charge in [0, 0.05) is 16.9 Å². The molecule has 0 bridgehead atoms. The van der Waals surface area contributed by atoms with Gasteiger partial charge in [-0.05, 0) is 25.1 Å². The molecule has 2 aromatic rings. The molecule has 0 saturated heterocycles. The van der Waals surface area contributed by atoms with E-state index < -0.39 is 0 Å². The van der Waals surface area contributed by atoms with Gasteiger partial charge in [0.25, 0.3) is 5.69 Å². The Bertz CT molecular complexity index is 435. The number of pyridine rings is 1. The largest absolute Gasteiger partial charge is 0.285 e. The maximum atomic E-state index is 9.55. The minimum absolute atomic E-state index is 0.799. The highest BCUT2D eigenvalue weighted by molar-refractivity contribution is 5.56. The van der Waals surface area contributed by atoms with Crippen molar-refractivity contribution in [1.29, 1.82) is 0 Å². The minimum atomic E-state index is 0.799. The lowest BCUT2D eigenvalue weighted by molar-refractivity contribution is -0.896. The summed E-state index contributed by atoms with van der Waals surface area (Å²) in [5, 5.41) is 9.55. The molecule has 0 unspecified atom stereocenters. The van der Waals surface area contributed by atoms with Gasteiger partial charge in [0.15, 0.2) is 0 Å². The van der Waals surface area contributed by atoms with E-state index in [1.165, 1.54) is 5.56 Å². The van der Waals surface area contributed by atoms with Gasteiger partial charge in [-0.2, -0.15) is 0 Å². The molecular weight excluding hydrogens is 198 g/mol. The van der Waals surface area contributed by atoms with Crippen LogP contribution in [0.3, 0.4) is 0 Å². The first-order valence-corrected chi connectivity index (χ1v) is 5.54.